The van der Waals surface area contributed by atoms with Crippen molar-refractivity contribution in [2.45, 2.75) is 13.3 Å². The summed E-state index contributed by atoms with van der Waals surface area (Å²) in [6.07, 6.45) is 0.402. The SMILES string of the molecule is CC(=O)N1CCc2c(F)cc([N+](=O)[O-])cc21. The number of halogens is 1. The average molecular weight is 224 g/mol. The van der Waals surface area contributed by atoms with Gasteiger partial charge in [0.05, 0.1) is 16.7 Å². The first-order valence-electron chi connectivity index (χ1n) is 4.75. The summed E-state index contributed by atoms with van der Waals surface area (Å²) in [5.41, 5.74) is 0.365. The van der Waals surface area contributed by atoms with Crippen LogP contribution in [0.15, 0.2) is 12.1 Å². The van der Waals surface area contributed by atoms with Crippen LogP contribution in [0.5, 0.6) is 0 Å². The molecule has 0 fully saturated rings. The highest BCUT2D eigenvalue weighted by atomic mass is 19.1. The maximum Gasteiger partial charge on any atom is 0.274 e. The molecule has 16 heavy (non-hydrogen) atoms. The zero-order valence-corrected chi connectivity index (χ0v) is 8.57. The van der Waals surface area contributed by atoms with Gasteiger partial charge in [0.15, 0.2) is 0 Å². The number of rotatable bonds is 1. The number of nitrogens with zero attached hydrogens (tertiary/aromatic N) is 2. The molecule has 0 saturated heterocycles. The molecule has 1 aromatic rings. The van der Waals surface area contributed by atoms with Crippen molar-refractivity contribution < 1.29 is 14.1 Å². The van der Waals surface area contributed by atoms with Gasteiger partial charge in [-0.2, -0.15) is 0 Å². The van der Waals surface area contributed by atoms with E-state index in [1.165, 1.54) is 17.9 Å². The maximum atomic E-state index is 13.5. The lowest BCUT2D eigenvalue weighted by Crippen LogP contribution is -2.25. The molecule has 0 bridgehead atoms. The Morgan fingerprint density at radius 2 is 2.25 bits per heavy atom. The van der Waals surface area contributed by atoms with Crippen LogP contribution >= 0.6 is 0 Å². The second kappa shape index (κ2) is 3.55. The molecular formula is C10H9FN2O3. The number of non-ortho nitro benzene ring substituents is 1. The van der Waals surface area contributed by atoms with E-state index in [9.17, 15) is 19.3 Å². The number of nitro benzene ring substituents is 1. The molecule has 6 heteroatoms. The van der Waals surface area contributed by atoms with E-state index in [1.54, 1.807) is 0 Å². The van der Waals surface area contributed by atoms with E-state index in [0.29, 0.717) is 24.2 Å². The third-order valence-corrected chi connectivity index (χ3v) is 2.62. The molecule has 1 amide bonds. The van der Waals surface area contributed by atoms with Crippen LogP contribution in [0.3, 0.4) is 0 Å². The minimum absolute atomic E-state index is 0.237. The Morgan fingerprint density at radius 1 is 1.56 bits per heavy atom. The highest BCUT2D eigenvalue weighted by molar-refractivity contribution is 5.94. The zero-order chi connectivity index (χ0) is 11.9. The van der Waals surface area contributed by atoms with E-state index < -0.39 is 10.7 Å². The second-order valence-electron chi connectivity index (χ2n) is 3.60. The van der Waals surface area contributed by atoms with Gasteiger partial charge < -0.3 is 4.90 Å². The normalized spacial score (nSPS) is 13.8. The number of benzene rings is 1. The molecular weight excluding hydrogens is 215 g/mol. The molecule has 1 aromatic carbocycles. The first-order chi connectivity index (χ1) is 7.50. The highest BCUT2D eigenvalue weighted by Gasteiger charge is 2.27. The Kier molecular flexibility index (Phi) is 2.34. The van der Waals surface area contributed by atoms with Crippen molar-refractivity contribution in [3.8, 4) is 0 Å². The van der Waals surface area contributed by atoms with Crippen molar-refractivity contribution >= 4 is 17.3 Å². The van der Waals surface area contributed by atoms with Crippen molar-refractivity contribution in [1.82, 2.24) is 0 Å². The van der Waals surface area contributed by atoms with Crippen LogP contribution < -0.4 is 4.90 Å². The van der Waals surface area contributed by atoms with Crippen LogP contribution in [-0.4, -0.2) is 17.4 Å². The Balaban J connectivity index is 2.56. The molecule has 0 spiro atoms. The summed E-state index contributed by atoms with van der Waals surface area (Å²) >= 11 is 0. The van der Waals surface area contributed by atoms with Gasteiger partial charge >= 0.3 is 0 Å². The smallest absolute Gasteiger partial charge is 0.274 e. The van der Waals surface area contributed by atoms with Crippen LogP contribution in [0.25, 0.3) is 0 Å². The number of carbonyl (C=O) groups is 1. The van der Waals surface area contributed by atoms with E-state index in [2.05, 4.69) is 0 Å². The molecule has 1 aliphatic heterocycles. The van der Waals surface area contributed by atoms with Gasteiger partial charge in [-0.3, -0.25) is 14.9 Å². The van der Waals surface area contributed by atoms with Gasteiger partial charge in [-0.15, -0.1) is 0 Å². The predicted molar refractivity (Wildman–Crippen MR) is 54.8 cm³/mol. The lowest BCUT2D eigenvalue weighted by atomic mass is 10.1. The largest absolute Gasteiger partial charge is 0.312 e. The fourth-order valence-corrected chi connectivity index (χ4v) is 1.87. The van der Waals surface area contributed by atoms with Crippen LogP contribution in [0, 0.1) is 15.9 Å². The van der Waals surface area contributed by atoms with Crippen molar-refractivity contribution in [3.63, 3.8) is 0 Å². The molecule has 0 aromatic heterocycles. The summed E-state index contributed by atoms with van der Waals surface area (Å²) < 4.78 is 13.5. The van der Waals surface area contributed by atoms with E-state index in [1.807, 2.05) is 0 Å². The lowest BCUT2D eigenvalue weighted by Gasteiger charge is -2.14. The third kappa shape index (κ3) is 1.52. The molecule has 1 aliphatic rings. The van der Waals surface area contributed by atoms with Gasteiger partial charge in [-0.1, -0.05) is 0 Å². The molecule has 84 valence electrons. The molecule has 0 radical (unpaired) electrons. The molecule has 0 atom stereocenters. The zero-order valence-electron chi connectivity index (χ0n) is 8.57. The monoisotopic (exact) mass is 224 g/mol. The summed E-state index contributed by atoms with van der Waals surface area (Å²) in [7, 11) is 0. The third-order valence-electron chi connectivity index (χ3n) is 2.62. The van der Waals surface area contributed by atoms with Crippen molar-refractivity contribution in [1.29, 1.82) is 0 Å². The first kappa shape index (κ1) is 10.5. The Bertz CT molecular complexity index is 487. The molecule has 2 rings (SSSR count). The number of carbonyl (C=O) groups excluding carboxylic acids is 1. The Morgan fingerprint density at radius 3 is 2.81 bits per heavy atom. The van der Waals surface area contributed by atoms with E-state index in [4.69, 9.17) is 0 Å². The number of nitro groups is 1. The molecule has 0 aliphatic carbocycles. The minimum atomic E-state index is -0.667. The van der Waals surface area contributed by atoms with Gasteiger partial charge in [-0.05, 0) is 6.42 Å². The number of fused-ring (bicyclic) bond motifs is 1. The number of hydrogen-bond donors (Lipinski definition) is 0. The lowest BCUT2D eigenvalue weighted by molar-refractivity contribution is -0.385. The van der Waals surface area contributed by atoms with Crippen molar-refractivity contribution in [2.75, 3.05) is 11.4 Å². The molecule has 0 N–H and O–H groups in total. The topological polar surface area (TPSA) is 63.5 Å². The van der Waals surface area contributed by atoms with Gasteiger partial charge in [0.1, 0.15) is 5.82 Å². The minimum Gasteiger partial charge on any atom is -0.312 e. The highest BCUT2D eigenvalue weighted by Crippen LogP contribution is 2.33. The van der Waals surface area contributed by atoms with Crippen LogP contribution in [0.4, 0.5) is 15.8 Å². The summed E-state index contributed by atoms with van der Waals surface area (Å²) in [4.78, 5) is 22.5. The summed E-state index contributed by atoms with van der Waals surface area (Å²) in [6, 6.07) is 2.13. The quantitative estimate of drug-likeness (QED) is 0.538. The molecule has 0 unspecified atom stereocenters. The van der Waals surface area contributed by atoms with Crippen LogP contribution in [0.2, 0.25) is 0 Å². The van der Waals surface area contributed by atoms with Gasteiger partial charge in [0.25, 0.3) is 5.69 Å². The number of hydrogen-bond acceptors (Lipinski definition) is 3. The second-order valence-corrected chi connectivity index (χ2v) is 3.60. The van der Waals surface area contributed by atoms with Gasteiger partial charge in [0, 0.05) is 25.1 Å². The summed E-state index contributed by atoms with van der Waals surface area (Å²) in [6.45, 7) is 1.73. The summed E-state index contributed by atoms with van der Waals surface area (Å²) in [5.74, 6) is -0.855. The Labute approximate surface area is 90.6 Å². The standard InChI is InChI=1S/C10H9FN2O3/c1-6(14)12-3-2-8-9(11)4-7(13(15)16)5-10(8)12/h4-5H,2-3H2,1H3. The van der Waals surface area contributed by atoms with Gasteiger partial charge in [0.2, 0.25) is 5.91 Å². The summed E-state index contributed by atoms with van der Waals surface area (Å²) in [5, 5.41) is 10.6. The number of anilines is 1. The fraction of sp³-hybridized carbons (Fsp3) is 0.300. The van der Waals surface area contributed by atoms with E-state index >= 15 is 0 Å². The molecule has 5 nitrogen and oxygen atoms in total. The van der Waals surface area contributed by atoms with Gasteiger partial charge in [-0.25, -0.2) is 4.39 Å². The maximum absolute atomic E-state index is 13.5. The predicted octanol–water partition coefficient (Wildman–Crippen LogP) is 1.64. The average Bonchev–Trinajstić information content (AvgIpc) is 2.61. The van der Waals surface area contributed by atoms with Crippen molar-refractivity contribution in [2.24, 2.45) is 0 Å². The molecule has 0 saturated carbocycles. The van der Waals surface area contributed by atoms with Crippen molar-refractivity contribution in [3.05, 3.63) is 33.6 Å². The van der Waals surface area contributed by atoms with E-state index in [-0.39, 0.29) is 11.6 Å². The molecule has 1 heterocycles. The van der Waals surface area contributed by atoms with Crippen LogP contribution in [-0.2, 0) is 11.2 Å². The Hall–Kier alpha value is -1.98. The van der Waals surface area contributed by atoms with Crippen LogP contribution in [0.1, 0.15) is 12.5 Å². The first-order valence-corrected chi connectivity index (χ1v) is 4.75. The fourth-order valence-electron chi connectivity index (χ4n) is 1.87. The number of amides is 1. The van der Waals surface area contributed by atoms with E-state index in [0.717, 1.165) is 6.07 Å².